The number of aliphatic carboxylic acids is 1. The van der Waals surface area contributed by atoms with E-state index in [1.54, 1.807) is 7.05 Å². The van der Waals surface area contributed by atoms with Crippen LogP contribution < -0.4 is 4.90 Å². The third kappa shape index (κ3) is 4.77. The van der Waals surface area contributed by atoms with Gasteiger partial charge in [0.2, 0.25) is 0 Å². The Kier molecular flexibility index (Phi) is 5.76. The minimum absolute atomic E-state index is 0.209. The second kappa shape index (κ2) is 7.11. The Morgan fingerprint density at radius 2 is 1.86 bits per heavy atom. The maximum atomic E-state index is 12.5. The second-order valence-corrected chi connectivity index (χ2v) is 5.80. The molecular formula is C16H24N2O3. The van der Waals surface area contributed by atoms with Crippen LogP contribution in [-0.2, 0) is 4.79 Å². The number of amides is 2. The summed E-state index contributed by atoms with van der Waals surface area (Å²) in [6, 6.07) is 5.54. The molecule has 0 bridgehead atoms. The quantitative estimate of drug-likeness (QED) is 0.907. The second-order valence-electron chi connectivity index (χ2n) is 5.80. The predicted molar refractivity (Wildman–Crippen MR) is 83.8 cm³/mol. The number of aryl methyl sites for hydroxylation is 2. The summed E-state index contributed by atoms with van der Waals surface area (Å²) in [6.07, 6.45) is 0. The summed E-state index contributed by atoms with van der Waals surface area (Å²) in [6.45, 7) is 7.98. The lowest BCUT2D eigenvalue weighted by molar-refractivity contribution is -0.137. The number of carboxylic acid groups (broad SMARTS) is 1. The normalized spacial score (nSPS) is 10.6. The Hall–Kier alpha value is -2.04. The van der Waals surface area contributed by atoms with Crippen LogP contribution in [-0.4, -0.2) is 42.1 Å². The molecule has 0 aliphatic carbocycles. The van der Waals surface area contributed by atoms with E-state index in [1.165, 1.54) is 9.80 Å². The van der Waals surface area contributed by atoms with Gasteiger partial charge in [0.1, 0.15) is 6.54 Å². The first-order valence-corrected chi connectivity index (χ1v) is 7.04. The summed E-state index contributed by atoms with van der Waals surface area (Å²) >= 11 is 0. The zero-order chi connectivity index (χ0) is 16.2. The largest absolute Gasteiger partial charge is 0.480 e. The van der Waals surface area contributed by atoms with Gasteiger partial charge in [-0.2, -0.15) is 0 Å². The molecule has 2 amide bonds. The SMILES string of the molecule is Cc1ccc(N(C)C(=O)N(CC(=O)O)CC(C)C)c(C)c1. The highest BCUT2D eigenvalue weighted by atomic mass is 16.4. The molecule has 0 fully saturated rings. The molecule has 1 aromatic carbocycles. The first kappa shape index (κ1) is 17.0. The topological polar surface area (TPSA) is 60.9 Å². The average molecular weight is 292 g/mol. The highest BCUT2D eigenvalue weighted by Gasteiger charge is 2.23. The van der Waals surface area contributed by atoms with Crippen molar-refractivity contribution in [3.05, 3.63) is 29.3 Å². The highest BCUT2D eigenvalue weighted by Crippen LogP contribution is 2.21. The van der Waals surface area contributed by atoms with Crippen molar-refractivity contribution in [2.75, 3.05) is 25.0 Å². The van der Waals surface area contributed by atoms with Gasteiger partial charge in [-0.1, -0.05) is 31.5 Å². The smallest absolute Gasteiger partial charge is 0.324 e. The number of benzene rings is 1. The average Bonchev–Trinajstić information content (AvgIpc) is 2.35. The van der Waals surface area contributed by atoms with Crippen LogP contribution >= 0.6 is 0 Å². The molecule has 0 radical (unpaired) electrons. The summed E-state index contributed by atoms with van der Waals surface area (Å²) in [7, 11) is 1.68. The lowest BCUT2D eigenvalue weighted by Crippen LogP contribution is -2.45. The first-order chi connectivity index (χ1) is 9.72. The van der Waals surface area contributed by atoms with Crippen LogP contribution in [0.1, 0.15) is 25.0 Å². The number of hydrogen-bond acceptors (Lipinski definition) is 2. The molecule has 0 aliphatic rings. The standard InChI is InChI=1S/C16H24N2O3/c1-11(2)9-18(10-15(19)20)16(21)17(5)14-7-6-12(3)8-13(14)4/h6-8,11H,9-10H2,1-5H3,(H,19,20). The number of nitrogens with zero attached hydrogens (tertiary/aromatic N) is 2. The number of hydrogen-bond donors (Lipinski definition) is 1. The van der Waals surface area contributed by atoms with Crippen molar-refractivity contribution >= 4 is 17.7 Å². The molecule has 5 nitrogen and oxygen atoms in total. The highest BCUT2D eigenvalue weighted by molar-refractivity contribution is 5.93. The van der Waals surface area contributed by atoms with Crippen molar-refractivity contribution in [1.29, 1.82) is 0 Å². The summed E-state index contributed by atoms with van der Waals surface area (Å²) in [5, 5.41) is 8.98. The fraction of sp³-hybridized carbons (Fsp3) is 0.500. The Balaban J connectivity index is 2.98. The van der Waals surface area contributed by atoms with Gasteiger partial charge in [0.15, 0.2) is 0 Å². The van der Waals surface area contributed by atoms with Crippen molar-refractivity contribution in [1.82, 2.24) is 4.90 Å². The fourth-order valence-electron chi connectivity index (χ4n) is 2.31. The van der Waals surface area contributed by atoms with Crippen LogP contribution in [0.4, 0.5) is 10.5 Å². The zero-order valence-electron chi connectivity index (χ0n) is 13.4. The molecule has 0 saturated carbocycles. The lowest BCUT2D eigenvalue weighted by atomic mass is 10.1. The molecule has 0 heterocycles. The molecule has 0 unspecified atom stereocenters. The van der Waals surface area contributed by atoms with E-state index in [0.29, 0.717) is 6.54 Å². The van der Waals surface area contributed by atoms with Crippen LogP contribution in [0.15, 0.2) is 18.2 Å². The van der Waals surface area contributed by atoms with E-state index in [-0.39, 0.29) is 18.5 Å². The molecule has 21 heavy (non-hydrogen) atoms. The van der Waals surface area contributed by atoms with Crippen molar-refractivity contribution in [2.45, 2.75) is 27.7 Å². The third-order valence-electron chi connectivity index (χ3n) is 3.18. The molecule has 0 saturated heterocycles. The van der Waals surface area contributed by atoms with Gasteiger partial charge < -0.3 is 10.0 Å². The van der Waals surface area contributed by atoms with Gasteiger partial charge in [-0.3, -0.25) is 9.69 Å². The molecule has 116 valence electrons. The van der Waals surface area contributed by atoms with Crippen LogP contribution in [0.25, 0.3) is 0 Å². The number of carboxylic acids is 1. The van der Waals surface area contributed by atoms with Gasteiger partial charge in [-0.05, 0) is 31.4 Å². The van der Waals surface area contributed by atoms with Crippen molar-refractivity contribution in [3.8, 4) is 0 Å². The van der Waals surface area contributed by atoms with Crippen LogP contribution in [0.2, 0.25) is 0 Å². The Labute approximate surface area is 126 Å². The van der Waals surface area contributed by atoms with Crippen molar-refractivity contribution in [2.24, 2.45) is 5.92 Å². The molecular weight excluding hydrogens is 268 g/mol. The van der Waals surface area contributed by atoms with E-state index >= 15 is 0 Å². The molecule has 1 aromatic rings. The minimum Gasteiger partial charge on any atom is -0.480 e. The van der Waals surface area contributed by atoms with E-state index < -0.39 is 5.97 Å². The summed E-state index contributed by atoms with van der Waals surface area (Å²) in [5.41, 5.74) is 2.91. The van der Waals surface area contributed by atoms with E-state index in [0.717, 1.165) is 16.8 Å². The van der Waals surface area contributed by atoms with Crippen LogP contribution in [0, 0.1) is 19.8 Å². The third-order valence-corrected chi connectivity index (χ3v) is 3.18. The maximum absolute atomic E-state index is 12.5. The van der Waals surface area contributed by atoms with Gasteiger partial charge in [-0.25, -0.2) is 4.79 Å². The van der Waals surface area contributed by atoms with Crippen LogP contribution in [0.3, 0.4) is 0 Å². The molecule has 5 heteroatoms. The molecule has 0 spiro atoms. The van der Waals surface area contributed by atoms with Gasteiger partial charge in [-0.15, -0.1) is 0 Å². The zero-order valence-corrected chi connectivity index (χ0v) is 13.4. The number of carbonyl (C=O) groups is 2. The lowest BCUT2D eigenvalue weighted by Gasteiger charge is -2.29. The van der Waals surface area contributed by atoms with Crippen molar-refractivity contribution < 1.29 is 14.7 Å². The van der Waals surface area contributed by atoms with E-state index in [4.69, 9.17) is 5.11 Å². The Bertz CT molecular complexity index is 526. The van der Waals surface area contributed by atoms with E-state index in [2.05, 4.69) is 0 Å². The van der Waals surface area contributed by atoms with Crippen molar-refractivity contribution in [3.63, 3.8) is 0 Å². The van der Waals surface area contributed by atoms with Gasteiger partial charge in [0.25, 0.3) is 0 Å². The maximum Gasteiger partial charge on any atom is 0.324 e. The minimum atomic E-state index is -1.00. The number of rotatable bonds is 5. The molecule has 0 atom stereocenters. The Morgan fingerprint density at radius 1 is 1.24 bits per heavy atom. The number of carbonyl (C=O) groups excluding carboxylic acids is 1. The summed E-state index contributed by atoms with van der Waals surface area (Å²) in [4.78, 5) is 26.4. The molecule has 1 N–H and O–H groups in total. The molecule has 0 aromatic heterocycles. The molecule has 1 rings (SSSR count). The summed E-state index contributed by atoms with van der Waals surface area (Å²) < 4.78 is 0. The van der Waals surface area contributed by atoms with Crippen LogP contribution in [0.5, 0.6) is 0 Å². The van der Waals surface area contributed by atoms with Gasteiger partial charge in [0.05, 0.1) is 0 Å². The molecule has 0 aliphatic heterocycles. The monoisotopic (exact) mass is 292 g/mol. The van der Waals surface area contributed by atoms with Gasteiger partial charge in [0, 0.05) is 19.3 Å². The number of urea groups is 1. The fourth-order valence-corrected chi connectivity index (χ4v) is 2.31. The Morgan fingerprint density at radius 3 is 2.33 bits per heavy atom. The predicted octanol–water partition coefficient (Wildman–Crippen LogP) is 2.90. The van der Waals surface area contributed by atoms with E-state index in [9.17, 15) is 9.59 Å². The summed E-state index contributed by atoms with van der Waals surface area (Å²) in [5.74, 6) is -0.793. The number of anilines is 1. The van der Waals surface area contributed by atoms with Gasteiger partial charge >= 0.3 is 12.0 Å². The van der Waals surface area contributed by atoms with E-state index in [1.807, 2.05) is 45.9 Å². The first-order valence-electron chi connectivity index (χ1n) is 7.04.